The standard InChI is InChI=1S/C25H26BrN3O3/c1-14(2)12-19-20-21(23(31)29(22(20)30)11-10-15-6-4-3-5-7-15)25(28-19)17-13-16(26)8-9-18(17)27-24(25)32/h3-9,13-14,19-21,28H,10-12H2,1-2H3,(H,27,32)/t19?,20?,21?,25-/m1/s1. The molecule has 5 rings (SSSR count). The van der Waals surface area contributed by atoms with Crippen molar-refractivity contribution in [3.63, 3.8) is 0 Å². The number of carbonyl (C=O) groups is 3. The lowest BCUT2D eigenvalue weighted by Gasteiger charge is -2.30. The first-order valence-corrected chi connectivity index (χ1v) is 11.9. The van der Waals surface area contributed by atoms with E-state index in [1.165, 1.54) is 4.90 Å². The van der Waals surface area contributed by atoms with Gasteiger partial charge in [-0.15, -0.1) is 0 Å². The van der Waals surface area contributed by atoms with Crippen molar-refractivity contribution in [2.75, 3.05) is 11.9 Å². The number of fused-ring (bicyclic) bond motifs is 4. The van der Waals surface area contributed by atoms with Crippen molar-refractivity contribution in [1.82, 2.24) is 10.2 Å². The van der Waals surface area contributed by atoms with Crippen LogP contribution in [0.25, 0.3) is 0 Å². The molecule has 2 aromatic carbocycles. The number of benzene rings is 2. The summed E-state index contributed by atoms with van der Waals surface area (Å²) < 4.78 is 0.829. The highest BCUT2D eigenvalue weighted by Crippen LogP contribution is 2.54. The molecule has 166 valence electrons. The highest BCUT2D eigenvalue weighted by molar-refractivity contribution is 9.10. The predicted molar refractivity (Wildman–Crippen MR) is 125 cm³/mol. The molecule has 3 amide bonds. The second kappa shape index (κ2) is 7.81. The summed E-state index contributed by atoms with van der Waals surface area (Å²) in [7, 11) is 0. The summed E-state index contributed by atoms with van der Waals surface area (Å²) in [6.07, 6.45) is 1.31. The van der Waals surface area contributed by atoms with Gasteiger partial charge in [-0.1, -0.05) is 60.1 Å². The van der Waals surface area contributed by atoms with E-state index in [1.54, 1.807) is 0 Å². The fourth-order valence-electron chi connectivity index (χ4n) is 5.65. The molecule has 6 nitrogen and oxygen atoms in total. The molecule has 2 aromatic rings. The third-order valence-corrected chi connectivity index (χ3v) is 7.45. The molecule has 2 saturated heterocycles. The van der Waals surface area contributed by atoms with Crippen LogP contribution in [0.5, 0.6) is 0 Å². The minimum Gasteiger partial charge on any atom is -0.324 e. The van der Waals surface area contributed by atoms with Crippen LogP contribution in [0.3, 0.4) is 0 Å². The maximum absolute atomic E-state index is 13.7. The summed E-state index contributed by atoms with van der Waals surface area (Å²) in [6, 6.07) is 15.2. The van der Waals surface area contributed by atoms with Gasteiger partial charge in [0.25, 0.3) is 0 Å². The SMILES string of the molecule is CC(C)CC1N[C@@]2(C(=O)Nc3ccc(Br)cc32)C2C(=O)N(CCc3ccccc3)C(=O)C12. The van der Waals surface area contributed by atoms with Gasteiger partial charge in [0.2, 0.25) is 17.7 Å². The summed E-state index contributed by atoms with van der Waals surface area (Å²) in [5.41, 5.74) is 1.28. The highest BCUT2D eigenvalue weighted by atomic mass is 79.9. The van der Waals surface area contributed by atoms with Gasteiger partial charge in [0.05, 0.1) is 11.8 Å². The number of hydrogen-bond donors (Lipinski definition) is 2. The molecule has 3 aliphatic rings. The van der Waals surface area contributed by atoms with E-state index >= 15 is 0 Å². The van der Waals surface area contributed by atoms with Crippen LogP contribution in [0.15, 0.2) is 53.0 Å². The Hall–Kier alpha value is -2.51. The fourth-order valence-corrected chi connectivity index (χ4v) is 6.01. The smallest absolute Gasteiger partial charge is 0.250 e. The van der Waals surface area contributed by atoms with E-state index in [4.69, 9.17) is 0 Å². The number of imide groups is 1. The van der Waals surface area contributed by atoms with Crippen molar-refractivity contribution in [3.05, 3.63) is 64.1 Å². The number of nitrogens with zero attached hydrogens (tertiary/aromatic N) is 1. The van der Waals surface area contributed by atoms with E-state index in [1.807, 2.05) is 48.5 Å². The molecule has 0 aromatic heterocycles. The van der Waals surface area contributed by atoms with Crippen LogP contribution in [0, 0.1) is 17.8 Å². The summed E-state index contributed by atoms with van der Waals surface area (Å²) in [5, 5.41) is 6.43. The number of likely N-dealkylation sites (tertiary alicyclic amines) is 1. The Bertz CT molecular complexity index is 1100. The van der Waals surface area contributed by atoms with Crippen LogP contribution in [0.2, 0.25) is 0 Å². The Kier molecular flexibility index (Phi) is 5.21. The monoisotopic (exact) mass is 495 g/mol. The van der Waals surface area contributed by atoms with Crippen molar-refractivity contribution in [2.45, 2.75) is 38.3 Å². The highest BCUT2D eigenvalue weighted by Gasteiger charge is 2.70. The number of nitrogens with one attached hydrogen (secondary N) is 2. The molecule has 7 heteroatoms. The van der Waals surface area contributed by atoms with Crippen LogP contribution in [-0.2, 0) is 26.3 Å². The summed E-state index contributed by atoms with van der Waals surface area (Å²) >= 11 is 3.50. The average molecular weight is 496 g/mol. The second-order valence-electron chi connectivity index (χ2n) is 9.40. The number of carbonyl (C=O) groups excluding carboxylic acids is 3. The molecule has 2 N–H and O–H groups in total. The van der Waals surface area contributed by atoms with Gasteiger partial charge in [-0.2, -0.15) is 0 Å². The van der Waals surface area contributed by atoms with Crippen molar-refractivity contribution in [1.29, 1.82) is 0 Å². The average Bonchev–Trinajstić information content (AvgIpc) is 3.32. The van der Waals surface area contributed by atoms with Crippen molar-refractivity contribution in [3.8, 4) is 0 Å². The first-order chi connectivity index (χ1) is 15.3. The maximum atomic E-state index is 13.7. The van der Waals surface area contributed by atoms with Gasteiger partial charge in [0.15, 0.2) is 0 Å². The van der Waals surface area contributed by atoms with Crippen molar-refractivity contribution >= 4 is 39.3 Å². The number of rotatable bonds is 5. The Balaban J connectivity index is 1.54. The molecule has 0 saturated carbocycles. The zero-order valence-electron chi connectivity index (χ0n) is 18.1. The lowest BCUT2D eigenvalue weighted by molar-refractivity contribution is -0.142. The second-order valence-corrected chi connectivity index (χ2v) is 10.3. The molecule has 3 unspecified atom stereocenters. The molecule has 0 aliphatic carbocycles. The Morgan fingerprint density at radius 2 is 1.81 bits per heavy atom. The van der Waals surface area contributed by atoms with E-state index in [2.05, 4.69) is 40.4 Å². The molecule has 0 radical (unpaired) electrons. The van der Waals surface area contributed by atoms with Gasteiger partial charge >= 0.3 is 0 Å². The lowest BCUT2D eigenvalue weighted by Crippen LogP contribution is -2.53. The zero-order chi connectivity index (χ0) is 22.6. The zero-order valence-corrected chi connectivity index (χ0v) is 19.7. The van der Waals surface area contributed by atoms with Gasteiger partial charge in [0, 0.05) is 28.3 Å². The van der Waals surface area contributed by atoms with Gasteiger partial charge in [-0.25, -0.2) is 0 Å². The van der Waals surface area contributed by atoms with E-state index < -0.39 is 17.4 Å². The third kappa shape index (κ3) is 3.13. The van der Waals surface area contributed by atoms with Crippen molar-refractivity contribution < 1.29 is 14.4 Å². The number of anilines is 1. The largest absolute Gasteiger partial charge is 0.324 e. The summed E-state index contributed by atoms with van der Waals surface area (Å²) in [4.78, 5) is 42.1. The molecule has 4 atom stereocenters. The Morgan fingerprint density at radius 3 is 2.53 bits per heavy atom. The molecule has 0 bridgehead atoms. The molecular weight excluding hydrogens is 470 g/mol. The predicted octanol–water partition coefficient (Wildman–Crippen LogP) is 3.46. The van der Waals surface area contributed by atoms with Gasteiger partial charge < -0.3 is 5.32 Å². The lowest BCUT2D eigenvalue weighted by atomic mass is 9.76. The molecule has 1 spiro atoms. The van der Waals surface area contributed by atoms with Crippen molar-refractivity contribution in [2.24, 2.45) is 17.8 Å². The third-order valence-electron chi connectivity index (χ3n) is 6.96. The van der Waals surface area contributed by atoms with Crippen LogP contribution >= 0.6 is 15.9 Å². The summed E-state index contributed by atoms with van der Waals surface area (Å²) in [5.74, 6) is -1.64. The number of halogens is 1. The molecule has 3 aliphatic heterocycles. The minimum atomic E-state index is -1.22. The van der Waals surface area contributed by atoms with E-state index in [0.29, 0.717) is 31.0 Å². The maximum Gasteiger partial charge on any atom is 0.250 e. The van der Waals surface area contributed by atoms with Gasteiger partial charge in [-0.05, 0) is 42.5 Å². The normalized spacial score (nSPS) is 28.6. The Morgan fingerprint density at radius 1 is 1.06 bits per heavy atom. The first kappa shape index (κ1) is 21.3. The number of hydrogen-bond acceptors (Lipinski definition) is 4. The van der Waals surface area contributed by atoms with E-state index in [0.717, 1.165) is 15.6 Å². The fraction of sp³-hybridized carbons (Fsp3) is 0.400. The first-order valence-electron chi connectivity index (χ1n) is 11.1. The van der Waals surface area contributed by atoms with Crippen LogP contribution < -0.4 is 10.6 Å². The Labute approximate surface area is 195 Å². The quantitative estimate of drug-likeness (QED) is 0.622. The minimum absolute atomic E-state index is 0.165. The van der Waals surface area contributed by atoms with Crippen LogP contribution in [-0.4, -0.2) is 35.2 Å². The van der Waals surface area contributed by atoms with Crippen LogP contribution in [0.4, 0.5) is 5.69 Å². The summed E-state index contributed by atoms with van der Waals surface area (Å²) in [6.45, 7) is 4.51. The molecule has 3 heterocycles. The van der Waals surface area contributed by atoms with E-state index in [-0.39, 0.29) is 23.8 Å². The molecular formula is C25H26BrN3O3. The number of amides is 3. The van der Waals surface area contributed by atoms with Crippen LogP contribution in [0.1, 0.15) is 31.4 Å². The van der Waals surface area contributed by atoms with Gasteiger partial charge in [0.1, 0.15) is 5.54 Å². The van der Waals surface area contributed by atoms with Gasteiger partial charge in [-0.3, -0.25) is 24.6 Å². The molecule has 2 fully saturated rings. The van der Waals surface area contributed by atoms with E-state index in [9.17, 15) is 14.4 Å². The topological polar surface area (TPSA) is 78.5 Å². The molecule has 32 heavy (non-hydrogen) atoms.